The molecule has 0 bridgehead atoms. The van der Waals surface area contributed by atoms with Gasteiger partial charge in [-0.15, -0.1) is 0 Å². The molecular weight excluding hydrogens is 220 g/mol. The molecule has 1 amide bonds. The smallest absolute Gasteiger partial charge is 0.220 e. The molecule has 0 saturated heterocycles. The van der Waals surface area contributed by atoms with Crippen molar-refractivity contribution in [3.8, 4) is 0 Å². The number of amides is 1. The molecule has 1 atom stereocenters. The number of carbonyl (C=O) groups is 1. The molecule has 4 heteroatoms. The number of carbonyl (C=O) groups excluding carboxylic acids is 1. The summed E-state index contributed by atoms with van der Waals surface area (Å²) in [4.78, 5) is 11.4. The van der Waals surface area contributed by atoms with Crippen LogP contribution in [0.4, 0.5) is 0 Å². The first-order valence-corrected chi connectivity index (χ1v) is 7.44. The molecule has 0 heterocycles. The SMILES string of the molecule is CCCCSCCC(=O)NC[C@@H](C)NCC. The minimum absolute atomic E-state index is 0.175. The number of unbranched alkanes of at least 4 members (excludes halogenated alkanes) is 1. The maximum atomic E-state index is 11.4. The normalized spacial score (nSPS) is 12.4. The Hall–Kier alpha value is -0.220. The van der Waals surface area contributed by atoms with Gasteiger partial charge in [0.2, 0.25) is 5.91 Å². The van der Waals surface area contributed by atoms with Crippen LogP contribution in [-0.4, -0.2) is 36.5 Å². The van der Waals surface area contributed by atoms with E-state index >= 15 is 0 Å². The van der Waals surface area contributed by atoms with Gasteiger partial charge in [0.05, 0.1) is 0 Å². The van der Waals surface area contributed by atoms with Crippen molar-refractivity contribution >= 4 is 17.7 Å². The topological polar surface area (TPSA) is 41.1 Å². The Morgan fingerprint density at radius 1 is 1.31 bits per heavy atom. The van der Waals surface area contributed by atoms with Crippen LogP contribution in [0, 0.1) is 0 Å². The lowest BCUT2D eigenvalue weighted by Gasteiger charge is -2.13. The van der Waals surface area contributed by atoms with Crippen molar-refractivity contribution in [2.24, 2.45) is 0 Å². The van der Waals surface area contributed by atoms with Crippen LogP contribution in [0.1, 0.15) is 40.0 Å². The predicted octanol–water partition coefficient (Wildman–Crippen LogP) is 2.02. The highest BCUT2D eigenvalue weighted by atomic mass is 32.2. The van der Waals surface area contributed by atoms with Crippen LogP contribution < -0.4 is 10.6 Å². The maximum Gasteiger partial charge on any atom is 0.220 e. The number of hydrogen-bond acceptors (Lipinski definition) is 3. The highest BCUT2D eigenvalue weighted by molar-refractivity contribution is 7.99. The van der Waals surface area contributed by atoms with Crippen LogP contribution in [-0.2, 0) is 4.79 Å². The highest BCUT2D eigenvalue weighted by Crippen LogP contribution is 2.05. The van der Waals surface area contributed by atoms with E-state index in [9.17, 15) is 4.79 Å². The first-order chi connectivity index (χ1) is 7.70. The Balaban J connectivity index is 3.30. The Kier molecular flexibility index (Phi) is 11.1. The van der Waals surface area contributed by atoms with Gasteiger partial charge in [-0.2, -0.15) is 11.8 Å². The summed E-state index contributed by atoms with van der Waals surface area (Å²) in [7, 11) is 0. The molecule has 2 N–H and O–H groups in total. The zero-order valence-electron chi connectivity index (χ0n) is 10.8. The molecule has 0 spiro atoms. The van der Waals surface area contributed by atoms with Crippen molar-refractivity contribution in [3.05, 3.63) is 0 Å². The van der Waals surface area contributed by atoms with Gasteiger partial charge in [-0.1, -0.05) is 20.3 Å². The second kappa shape index (κ2) is 11.3. The molecule has 0 aromatic carbocycles. The van der Waals surface area contributed by atoms with Crippen LogP contribution >= 0.6 is 11.8 Å². The Bertz CT molecular complexity index is 176. The average molecular weight is 246 g/mol. The van der Waals surface area contributed by atoms with Crippen LogP contribution in [0.5, 0.6) is 0 Å². The molecule has 0 aliphatic heterocycles. The van der Waals surface area contributed by atoms with Gasteiger partial charge in [0.25, 0.3) is 0 Å². The van der Waals surface area contributed by atoms with E-state index in [0.29, 0.717) is 12.5 Å². The van der Waals surface area contributed by atoms with Gasteiger partial charge >= 0.3 is 0 Å². The fraction of sp³-hybridized carbons (Fsp3) is 0.917. The lowest BCUT2D eigenvalue weighted by molar-refractivity contribution is -0.120. The number of thioether (sulfide) groups is 1. The molecule has 16 heavy (non-hydrogen) atoms. The van der Waals surface area contributed by atoms with E-state index < -0.39 is 0 Å². The monoisotopic (exact) mass is 246 g/mol. The van der Waals surface area contributed by atoms with Crippen LogP contribution in [0.3, 0.4) is 0 Å². The Morgan fingerprint density at radius 3 is 2.69 bits per heavy atom. The van der Waals surface area contributed by atoms with E-state index in [-0.39, 0.29) is 5.91 Å². The van der Waals surface area contributed by atoms with Gasteiger partial charge in [-0.3, -0.25) is 4.79 Å². The number of rotatable bonds is 10. The molecule has 0 aliphatic carbocycles. The average Bonchev–Trinajstić information content (AvgIpc) is 2.26. The lowest BCUT2D eigenvalue weighted by Crippen LogP contribution is -2.38. The molecule has 0 aromatic rings. The van der Waals surface area contributed by atoms with Gasteiger partial charge in [0.15, 0.2) is 0 Å². The largest absolute Gasteiger partial charge is 0.355 e. The summed E-state index contributed by atoms with van der Waals surface area (Å²) < 4.78 is 0. The molecule has 0 aliphatic rings. The number of nitrogens with one attached hydrogen (secondary N) is 2. The van der Waals surface area contributed by atoms with Gasteiger partial charge in [-0.05, 0) is 25.6 Å². The zero-order valence-corrected chi connectivity index (χ0v) is 11.7. The molecule has 96 valence electrons. The molecule has 0 fully saturated rings. The Labute approximate surface area is 104 Å². The summed E-state index contributed by atoms with van der Waals surface area (Å²) in [5.74, 6) is 2.30. The summed E-state index contributed by atoms with van der Waals surface area (Å²) in [6, 6.07) is 0.363. The van der Waals surface area contributed by atoms with Crippen molar-refractivity contribution in [1.82, 2.24) is 10.6 Å². The van der Waals surface area contributed by atoms with Gasteiger partial charge in [0.1, 0.15) is 0 Å². The third kappa shape index (κ3) is 10.3. The predicted molar refractivity (Wildman–Crippen MR) is 73.0 cm³/mol. The molecular formula is C12H26N2OS. The second-order valence-electron chi connectivity index (χ2n) is 3.98. The van der Waals surface area contributed by atoms with Crippen LogP contribution in [0.2, 0.25) is 0 Å². The van der Waals surface area contributed by atoms with Crippen molar-refractivity contribution in [2.75, 3.05) is 24.6 Å². The van der Waals surface area contributed by atoms with E-state index in [4.69, 9.17) is 0 Å². The molecule has 3 nitrogen and oxygen atoms in total. The molecule has 0 aromatic heterocycles. The van der Waals surface area contributed by atoms with Gasteiger partial charge in [-0.25, -0.2) is 0 Å². The summed E-state index contributed by atoms with van der Waals surface area (Å²) in [5, 5.41) is 6.21. The standard InChI is InChI=1S/C12H26N2OS/c1-4-6-8-16-9-7-12(15)14-10-11(3)13-5-2/h11,13H,4-10H2,1-3H3,(H,14,15)/t11-/m1/s1. The molecule has 0 saturated carbocycles. The summed E-state index contributed by atoms with van der Waals surface area (Å²) in [6.07, 6.45) is 3.14. The molecule has 0 radical (unpaired) electrons. The Morgan fingerprint density at radius 2 is 2.06 bits per heavy atom. The lowest BCUT2D eigenvalue weighted by atomic mass is 10.3. The third-order valence-electron chi connectivity index (χ3n) is 2.27. The minimum atomic E-state index is 0.175. The van der Waals surface area contributed by atoms with E-state index in [0.717, 1.165) is 18.8 Å². The first kappa shape index (κ1) is 15.8. The maximum absolute atomic E-state index is 11.4. The van der Waals surface area contributed by atoms with E-state index in [2.05, 4.69) is 31.4 Å². The van der Waals surface area contributed by atoms with Crippen LogP contribution in [0.25, 0.3) is 0 Å². The molecule has 0 rings (SSSR count). The quantitative estimate of drug-likeness (QED) is 0.580. The van der Waals surface area contributed by atoms with Crippen LogP contribution in [0.15, 0.2) is 0 Å². The highest BCUT2D eigenvalue weighted by Gasteiger charge is 2.03. The van der Waals surface area contributed by atoms with Crippen molar-refractivity contribution in [1.29, 1.82) is 0 Å². The summed E-state index contributed by atoms with van der Waals surface area (Å²) >= 11 is 1.87. The van der Waals surface area contributed by atoms with E-state index in [1.54, 1.807) is 0 Å². The van der Waals surface area contributed by atoms with E-state index in [1.807, 2.05) is 11.8 Å². The van der Waals surface area contributed by atoms with E-state index in [1.165, 1.54) is 18.6 Å². The summed E-state index contributed by atoms with van der Waals surface area (Å²) in [6.45, 7) is 8.02. The van der Waals surface area contributed by atoms with Gasteiger partial charge in [0, 0.05) is 24.8 Å². The number of likely N-dealkylation sites (N-methyl/N-ethyl adjacent to an activating group) is 1. The number of hydrogen-bond donors (Lipinski definition) is 2. The fourth-order valence-corrected chi connectivity index (χ4v) is 2.32. The zero-order chi connectivity index (χ0) is 12.2. The molecule has 0 unspecified atom stereocenters. The summed E-state index contributed by atoms with van der Waals surface area (Å²) in [5.41, 5.74) is 0. The third-order valence-corrected chi connectivity index (χ3v) is 3.34. The minimum Gasteiger partial charge on any atom is -0.355 e. The first-order valence-electron chi connectivity index (χ1n) is 6.28. The van der Waals surface area contributed by atoms with Crippen molar-refractivity contribution in [3.63, 3.8) is 0 Å². The van der Waals surface area contributed by atoms with Crippen molar-refractivity contribution in [2.45, 2.75) is 46.1 Å². The van der Waals surface area contributed by atoms with Gasteiger partial charge < -0.3 is 10.6 Å². The fourth-order valence-electron chi connectivity index (χ4n) is 1.29. The van der Waals surface area contributed by atoms with Crippen molar-refractivity contribution < 1.29 is 4.79 Å². The second-order valence-corrected chi connectivity index (χ2v) is 5.20.